The van der Waals surface area contributed by atoms with Gasteiger partial charge in [-0.1, -0.05) is 18.2 Å². The van der Waals surface area contributed by atoms with E-state index in [0.29, 0.717) is 5.75 Å². The van der Waals surface area contributed by atoms with E-state index in [-0.39, 0.29) is 6.04 Å². The van der Waals surface area contributed by atoms with Gasteiger partial charge in [0.15, 0.2) is 0 Å². The van der Waals surface area contributed by atoms with Crippen LogP contribution >= 0.6 is 0 Å². The van der Waals surface area contributed by atoms with Gasteiger partial charge < -0.3 is 10.4 Å². The maximum absolute atomic E-state index is 9.72. The van der Waals surface area contributed by atoms with Crippen molar-refractivity contribution in [1.82, 2.24) is 20.5 Å². The van der Waals surface area contributed by atoms with Crippen molar-refractivity contribution in [2.75, 3.05) is 6.54 Å². The van der Waals surface area contributed by atoms with E-state index in [9.17, 15) is 5.11 Å². The summed E-state index contributed by atoms with van der Waals surface area (Å²) in [6, 6.07) is 7.55. The SMILES string of the molecule is CC(NCCCc1ncn[nH]1)c1ccccc1O. The number of H-pyrrole nitrogens is 1. The largest absolute Gasteiger partial charge is 0.508 e. The molecule has 0 aliphatic carbocycles. The van der Waals surface area contributed by atoms with Gasteiger partial charge in [-0.05, 0) is 26.0 Å². The first-order valence-corrected chi connectivity index (χ1v) is 6.13. The predicted octanol–water partition coefficient (Wildman–Crippen LogP) is 1.79. The van der Waals surface area contributed by atoms with Crippen LogP contribution in [0, 0.1) is 0 Å². The van der Waals surface area contributed by atoms with E-state index in [1.807, 2.05) is 25.1 Å². The maximum Gasteiger partial charge on any atom is 0.137 e. The van der Waals surface area contributed by atoms with Crippen LogP contribution < -0.4 is 5.32 Å². The number of benzene rings is 1. The van der Waals surface area contributed by atoms with E-state index in [1.54, 1.807) is 6.07 Å². The van der Waals surface area contributed by atoms with Gasteiger partial charge in [0.05, 0.1) is 0 Å². The third-order valence-electron chi connectivity index (χ3n) is 2.91. The van der Waals surface area contributed by atoms with E-state index in [4.69, 9.17) is 0 Å². The number of para-hydroxylation sites is 1. The summed E-state index contributed by atoms with van der Waals surface area (Å²) >= 11 is 0. The number of nitrogens with zero attached hydrogens (tertiary/aromatic N) is 2. The lowest BCUT2D eigenvalue weighted by atomic mass is 10.1. The number of rotatable bonds is 6. The van der Waals surface area contributed by atoms with E-state index in [1.165, 1.54) is 6.33 Å². The standard InChI is InChI=1S/C13H18N4O/c1-10(11-5-2-3-6-12(11)18)14-8-4-7-13-15-9-16-17-13/h2-3,5-6,9-10,14,18H,4,7-8H2,1H3,(H,15,16,17). The summed E-state index contributed by atoms with van der Waals surface area (Å²) in [5.41, 5.74) is 0.928. The Labute approximate surface area is 106 Å². The predicted molar refractivity (Wildman–Crippen MR) is 69.2 cm³/mol. The number of nitrogens with one attached hydrogen (secondary N) is 2. The second kappa shape index (κ2) is 6.16. The Kier molecular flexibility index (Phi) is 4.30. The van der Waals surface area contributed by atoms with Crippen molar-refractivity contribution < 1.29 is 5.11 Å². The normalized spacial score (nSPS) is 12.5. The van der Waals surface area contributed by atoms with Crippen LogP contribution in [0.1, 0.15) is 30.8 Å². The molecule has 1 aromatic carbocycles. The lowest BCUT2D eigenvalue weighted by Gasteiger charge is -2.15. The van der Waals surface area contributed by atoms with E-state index in [0.717, 1.165) is 30.8 Å². The lowest BCUT2D eigenvalue weighted by Crippen LogP contribution is -2.20. The van der Waals surface area contributed by atoms with Crippen molar-refractivity contribution in [2.24, 2.45) is 0 Å². The Bertz CT molecular complexity index is 470. The van der Waals surface area contributed by atoms with Gasteiger partial charge >= 0.3 is 0 Å². The summed E-state index contributed by atoms with van der Waals surface area (Å²) in [5.74, 6) is 1.25. The number of hydrogen-bond acceptors (Lipinski definition) is 4. The molecule has 0 amide bonds. The summed E-state index contributed by atoms with van der Waals surface area (Å²) in [5, 5.41) is 19.7. The molecule has 1 aromatic heterocycles. The van der Waals surface area contributed by atoms with Crippen LogP contribution in [0.2, 0.25) is 0 Å². The smallest absolute Gasteiger partial charge is 0.137 e. The highest BCUT2D eigenvalue weighted by Gasteiger charge is 2.08. The lowest BCUT2D eigenvalue weighted by molar-refractivity contribution is 0.451. The molecule has 0 fully saturated rings. The molecule has 18 heavy (non-hydrogen) atoms. The summed E-state index contributed by atoms with van der Waals surface area (Å²) < 4.78 is 0. The summed E-state index contributed by atoms with van der Waals surface area (Å²) in [6.07, 6.45) is 3.38. The van der Waals surface area contributed by atoms with Crippen LogP contribution in [-0.2, 0) is 6.42 Å². The summed E-state index contributed by atoms with van der Waals surface area (Å²) in [6.45, 7) is 2.92. The molecule has 1 unspecified atom stereocenters. The summed E-state index contributed by atoms with van der Waals surface area (Å²) in [7, 11) is 0. The molecular formula is C13H18N4O. The van der Waals surface area contributed by atoms with Gasteiger partial charge in [-0.2, -0.15) is 5.10 Å². The Hall–Kier alpha value is -1.88. The van der Waals surface area contributed by atoms with Gasteiger partial charge in [0.25, 0.3) is 0 Å². The van der Waals surface area contributed by atoms with Gasteiger partial charge in [-0.3, -0.25) is 5.10 Å². The molecule has 0 saturated carbocycles. The average Bonchev–Trinajstić information content (AvgIpc) is 2.88. The first-order valence-electron chi connectivity index (χ1n) is 6.13. The molecule has 0 bridgehead atoms. The Morgan fingerprint density at radius 3 is 2.94 bits per heavy atom. The molecule has 5 heteroatoms. The molecule has 5 nitrogen and oxygen atoms in total. The Morgan fingerprint density at radius 1 is 1.39 bits per heavy atom. The Morgan fingerprint density at radius 2 is 2.22 bits per heavy atom. The van der Waals surface area contributed by atoms with Gasteiger partial charge in [-0.15, -0.1) is 0 Å². The van der Waals surface area contributed by atoms with Crippen LogP contribution in [-0.4, -0.2) is 26.8 Å². The first-order chi connectivity index (χ1) is 8.77. The van der Waals surface area contributed by atoms with Crippen LogP contribution in [0.25, 0.3) is 0 Å². The van der Waals surface area contributed by atoms with Gasteiger partial charge in [-0.25, -0.2) is 4.98 Å². The maximum atomic E-state index is 9.72. The van der Waals surface area contributed by atoms with Crippen LogP contribution in [0.3, 0.4) is 0 Å². The monoisotopic (exact) mass is 246 g/mol. The van der Waals surface area contributed by atoms with Gasteiger partial charge in [0.1, 0.15) is 17.9 Å². The quantitative estimate of drug-likeness (QED) is 0.679. The molecule has 0 saturated heterocycles. The number of aromatic nitrogens is 3. The highest BCUT2D eigenvalue weighted by atomic mass is 16.3. The minimum Gasteiger partial charge on any atom is -0.508 e. The molecule has 1 heterocycles. The number of aromatic amines is 1. The second-order valence-electron chi connectivity index (χ2n) is 4.27. The highest BCUT2D eigenvalue weighted by Crippen LogP contribution is 2.22. The number of aryl methyl sites for hydroxylation is 1. The van der Waals surface area contributed by atoms with Gasteiger partial charge in [0.2, 0.25) is 0 Å². The van der Waals surface area contributed by atoms with E-state index < -0.39 is 0 Å². The Balaban J connectivity index is 1.75. The average molecular weight is 246 g/mol. The third kappa shape index (κ3) is 3.30. The number of aromatic hydroxyl groups is 1. The topological polar surface area (TPSA) is 73.8 Å². The number of hydrogen-bond donors (Lipinski definition) is 3. The molecule has 96 valence electrons. The van der Waals surface area contributed by atoms with Crippen molar-refractivity contribution in [3.63, 3.8) is 0 Å². The second-order valence-corrected chi connectivity index (χ2v) is 4.27. The third-order valence-corrected chi connectivity index (χ3v) is 2.91. The van der Waals surface area contributed by atoms with Crippen molar-refractivity contribution in [3.05, 3.63) is 42.0 Å². The number of phenolic OH excluding ortho intramolecular Hbond substituents is 1. The molecule has 0 aliphatic rings. The fourth-order valence-corrected chi connectivity index (χ4v) is 1.89. The molecule has 0 radical (unpaired) electrons. The van der Waals surface area contributed by atoms with Crippen molar-refractivity contribution >= 4 is 0 Å². The zero-order valence-corrected chi connectivity index (χ0v) is 10.4. The molecular weight excluding hydrogens is 228 g/mol. The fourth-order valence-electron chi connectivity index (χ4n) is 1.89. The van der Waals surface area contributed by atoms with Crippen molar-refractivity contribution in [1.29, 1.82) is 0 Å². The van der Waals surface area contributed by atoms with Crippen LogP contribution in [0.15, 0.2) is 30.6 Å². The highest BCUT2D eigenvalue weighted by molar-refractivity contribution is 5.34. The fraction of sp³-hybridized carbons (Fsp3) is 0.385. The molecule has 3 N–H and O–H groups in total. The van der Waals surface area contributed by atoms with Gasteiger partial charge in [0, 0.05) is 18.0 Å². The van der Waals surface area contributed by atoms with Crippen molar-refractivity contribution in [3.8, 4) is 5.75 Å². The van der Waals surface area contributed by atoms with E-state index >= 15 is 0 Å². The summed E-state index contributed by atoms with van der Waals surface area (Å²) in [4.78, 5) is 4.07. The molecule has 2 rings (SSSR count). The zero-order chi connectivity index (χ0) is 12.8. The van der Waals surface area contributed by atoms with Crippen molar-refractivity contribution in [2.45, 2.75) is 25.8 Å². The molecule has 1 atom stereocenters. The van der Waals surface area contributed by atoms with Crippen LogP contribution in [0.5, 0.6) is 5.75 Å². The molecule has 0 aliphatic heterocycles. The van der Waals surface area contributed by atoms with E-state index in [2.05, 4.69) is 20.5 Å². The minimum absolute atomic E-state index is 0.140. The number of phenols is 1. The minimum atomic E-state index is 0.140. The zero-order valence-electron chi connectivity index (χ0n) is 10.4. The molecule has 0 spiro atoms. The molecule has 2 aromatic rings. The van der Waals surface area contributed by atoms with Crippen LogP contribution in [0.4, 0.5) is 0 Å². The first kappa shape index (κ1) is 12.6.